The third-order valence-electron chi connectivity index (χ3n) is 4.22. The van der Waals surface area contributed by atoms with Crippen molar-refractivity contribution < 1.29 is 4.79 Å². The van der Waals surface area contributed by atoms with Crippen molar-refractivity contribution in [2.75, 3.05) is 6.54 Å². The number of carbonyl (C=O) groups excluding carboxylic acids is 1. The molecule has 27 heavy (non-hydrogen) atoms. The van der Waals surface area contributed by atoms with E-state index in [9.17, 15) is 4.79 Å². The molecule has 0 saturated carbocycles. The second-order valence-electron chi connectivity index (χ2n) is 6.34. The zero-order chi connectivity index (χ0) is 18.8. The number of rotatable bonds is 5. The van der Waals surface area contributed by atoms with Crippen molar-refractivity contribution in [2.45, 2.75) is 43.4 Å². The second-order valence-corrected chi connectivity index (χ2v) is 7.33. The van der Waals surface area contributed by atoms with Gasteiger partial charge in [-0.3, -0.25) is 9.36 Å². The summed E-state index contributed by atoms with van der Waals surface area (Å²) in [5, 5.41) is 10.2. The van der Waals surface area contributed by atoms with Gasteiger partial charge in [0.05, 0.1) is 6.54 Å². The van der Waals surface area contributed by atoms with Gasteiger partial charge in [0, 0.05) is 24.9 Å². The molecule has 1 amide bonds. The van der Waals surface area contributed by atoms with Crippen LogP contribution in [0.2, 0.25) is 0 Å². The minimum atomic E-state index is 0.154. The molecule has 0 N–H and O–H groups in total. The lowest BCUT2D eigenvalue weighted by atomic mass is 10.4. The van der Waals surface area contributed by atoms with E-state index in [0.717, 1.165) is 23.7 Å². The van der Waals surface area contributed by atoms with E-state index in [-0.39, 0.29) is 5.91 Å². The molecule has 0 spiro atoms. The number of carbonyl (C=O) groups is 1. The van der Waals surface area contributed by atoms with Crippen molar-refractivity contribution in [3.8, 4) is 5.82 Å². The highest BCUT2D eigenvalue weighted by Crippen LogP contribution is 2.28. The number of aromatic nitrogens is 6. The third-order valence-corrected chi connectivity index (χ3v) is 5.09. The quantitative estimate of drug-likeness (QED) is 0.627. The van der Waals surface area contributed by atoms with Crippen LogP contribution < -0.4 is 0 Å². The smallest absolute Gasteiger partial charge is 0.223 e. The van der Waals surface area contributed by atoms with Crippen LogP contribution in [0.3, 0.4) is 0 Å². The first kappa shape index (κ1) is 17.6. The van der Waals surface area contributed by atoms with Gasteiger partial charge in [-0.15, -0.1) is 10.2 Å². The Morgan fingerprint density at radius 1 is 1.19 bits per heavy atom. The van der Waals surface area contributed by atoms with Gasteiger partial charge in [0.1, 0.15) is 16.7 Å². The monoisotopic (exact) mass is 381 g/mol. The molecule has 1 fully saturated rings. The van der Waals surface area contributed by atoms with Crippen LogP contribution in [0.15, 0.2) is 40.6 Å². The summed E-state index contributed by atoms with van der Waals surface area (Å²) >= 11 is 1.41. The Labute approximate surface area is 161 Å². The van der Waals surface area contributed by atoms with E-state index >= 15 is 0 Å². The first-order valence-corrected chi connectivity index (χ1v) is 9.55. The van der Waals surface area contributed by atoms with Crippen LogP contribution in [0.1, 0.15) is 30.2 Å². The molecule has 4 heterocycles. The largest absolute Gasteiger partial charge is 0.335 e. The number of amides is 1. The van der Waals surface area contributed by atoms with Gasteiger partial charge in [-0.2, -0.15) is 0 Å². The lowest BCUT2D eigenvalue weighted by Crippen LogP contribution is -2.25. The van der Waals surface area contributed by atoms with E-state index in [1.54, 1.807) is 6.20 Å². The summed E-state index contributed by atoms with van der Waals surface area (Å²) in [6, 6.07) is 7.60. The lowest BCUT2D eigenvalue weighted by molar-refractivity contribution is -0.128. The molecule has 1 saturated heterocycles. The SMILES string of the molecule is Cc1cc(Sc2nnc(CN3CCCC3=O)n2-c2ccccn2)nc(C)n1. The molecule has 3 aromatic rings. The van der Waals surface area contributed by atoms with Crippen LogP contribution in [-0.2, 0) is 11.3 Å². The third kappa shape index (κ3) is 3.82. The van der Waals surface area contributed by atoms with Crippen molar-refractivity contribution in [2.24, 2.45) is 0 Å². The van der Waals surface area contributed by atoms with E-state index in [1.165, 1.54) is 11.8 Å². The molecule has 4 rings (SSSR count). The molecule has 0 radical (unpaired) electrons. The molecule has 1 aliphatic rings. The molecule has 138 valence electrons. The van der Waals surface area contributed by atoms with E-state index in [4.69, 9.17) is 0 Å². The Bertz CT molecular complexity index is 953. The zero-order valence-corrected chi connectivity index (χ0v) is 16.0. The molecule has 0 bridgehead atoms. The number of likely N-dealkylation sites (tertiary alicyclic amines) is 1. The van der Waals surface area contributed by atoms with Gasteiger partial charge in [0.15, 0.2) is 5.82 Å². The summed E-state index contributed by atoms with van der Waals surface area (Å²) in [5.41, 5.74) is 0.900. The van der Waals surface area contributed by atoms with Gasteiger partial charge < -0.3 is 4.90 Å². The zero-order valence-electron chi connectivity index (χ0n) is 15.2. The predicted molar refractivity (Wildman–Crippen MR) is 99.4 cm³/mol. The Morgan fingerprint density at radius 2 is 2.07 bits per heavy atom. The minimum absolute atomic E-state index is 0.154. The van der Waals surface area contributed by atoms with Gasteiger partial charge >= 0.3 is 0 Å². The topological polar surface area (TPSA) is 89.7 Å². The van der Waals surface area contributed by atoms with Crippen molar-refractivity contribution >= 4 is 17.7 Å². The van der Waals surface area contributed by atoms with Gasteiger partial charge in [0.25, 0.3) is 0 Å². The van der Waals surface area contributed by atoms with E-state index in [0.29, 0.717) is 35.6 Å². The lowest BCUT2D eigenvalue weighted by Gasteiger charge is -2.16. The first-order chi connectivity index (χ1) is 13.1. The van der Waals surface area contributed by atoms with Crippen LogP contribution in [0.4, 0.5) is 0 Å². The van der Waals surface area contributed by atoms with Crippen LogP contribution in [-0.4, -0.2) is 47.1 Å². The summed E-state index contributed by atoms with van der Waals surface area (Å²) in [5.74, 6) is 2.27. The molecule has 1 aliphatic heterocycles. The summed E-state index contributed by atoms with van der Waals surface area (Å²) in [7, 11) is 0. The van der Waals surface area contributed by atoms with Crippen LogP contribution in [0.25, 0.3) is 5.82 Å². The van der Waals surface area contributed by atoms with Crippen molar-refractivity contribution in [3.63, 3.8) is 0 Å². The molecule has 8 nitrogen and oxygen atoms in total. The number of aryl methyl sites for hydroxylation is 2. The van der Waals surface area contributed by atoms with Crippen LogP contribution >= 0.6 is 11.8 Å². The molecule has 0 aliphatic carbocycles. The fraction of sp³-hybridized carbons (Fsp3) is 0.333. The molecule has 0 unspecified atom stereocenters. The number of hydrogen-bond donors (Lipinski definition) is 0. The number of pyridine rings is 1. The normalized spacial score (nSPS) is 14.1. The highest BCUT2D eigenvalue weighted by Gasteiger charge is 2.24. The number of nitrogens with zero attached hydrogens (tertiary/aromatic N) is 7. The van der Waals surface area contributed by atoms with Crippen LogP contribution in [0, 0.1) is 13.8 Å². The first-order valence-electron chi connectivity index (χ1n) is 8.74. The van der Waals surface area contributed by atoms with Gasteiger partial charge in [0.2, 0.25) is 11.1 Å². The van der Waals surface area contributed by atoms with Crippen molar-refractivity contribution in [3.05, 3.63) is 47.8 Å². The van der Waals surface area contributed by atoms with Gasteiger partial charge in [-0.05, 0) is 50.2 Å². The van der Waals surface area contributed by atoms with E-state index < -0.39 is 0 Å². The maximum absolute atomic E-state index is 12.0. The summed E-state index contributed by atoms with van der Waals surface area (Å²) in [6.45, 7) is 4.98. The average molecular weight is 381 g/mol. The Morgan fingerprint density at radius 3 is 2.78 bits per heavy atom. The molecule has 3 aromatic heterocycles. The highest BCUT2D eigenvalue weighted by molar-refractivity contribution is 7.99. The van der Waals surface area contributed by atoms with Gasteiger partial charge in [-0.25, -0.2) is 15.0 Å². The molecule has 0 atom stereocenters. The molecular weight excluding hydrogens is 362 g/mol. The Kier molecular flexibility index (Phi) is 4.85. The minimum Gasteiger partial charge on any atom is -0.335 e. The fourth-order valence-electron chi connectivity index (χ4n) is 3.06. The standard InChI is InChI=1S/C18H19N7OS/c1-12-10-16(21-13(2)20-12)27-18-23-22-15(11-24-9-5-7-17(24)26)25(18)14-6-3-4-8-19-14/h3-4,6,8,10H,5,7,9,11H2,1-2H3. The van der Waals surface area contributed by atoms with Crippen molar-refractivity contribution in [1.29, 1.82) is 0 Å². The number of hydrogen-bond acceptors (Lipinski definition) is 7. The molecular formula is C18H19N7OS. The summed E-state index contributed by atoms with van der Waals surface area (Å²) in [4.78, 5) is 27.1. The molecule has 0 aromatic carbocycles. The van der Waals surface area contributed by atoms with Gasteiger partial charge in [-0.1, -0.05) is 6.07 Å². The van der Waals surface area contributed by atoms with Crippen molar-refractivity contribution in [1.82, 2.24) is 34.6 Å². The Balaban J connectivity index is 1.71. The highest BCUT2D eigenvalue weighted by atomic mass is 32.2. The average Bonchev–Trinajstić information content (AvgIpc) is 3.22. The Hall–Kier alpha value is -2.81. The van der Waals surface area contributed by atoms with E-state index in [1.807, 2.05) is 47.6 Å². The molecule has 9 heteroatoms. The maximum atomic E-state index is 12.0. The van der Waals surface area contributed by atoms with E-state index in [2.05, 4.69) is 25.1 Å². The van der Waals surface area contributed by atoms with Crippen LogP contribution in [0.5, 0.6) is 0 Å². The fourth-order valence-corrected chi connectivity index (χ4v) is 4.02. The maximum Gasteiger partial charge on any atom is 0.223 e. The summed E-state index contributed by atoms with van der Waals surface area (Å²) < 4.78 is 1.89. The predicted octanol–water partition coefficient (Wildman–Crippen LogP) is 2.34. The second kappa shape index (κ2) is 7.43. The summed E-state index contributed by atoms with van der Waals surface area (Å²) in [6.07, 6.45) is 3.21.